The molecule has 1 saturated carbocycles. The minimum atomic E-state index is -0.319. The Morgan fingerprint density at radius 2 is 1.86 bits per heavy atom. The van der Waals surface area contributed by atoms with Crippen LogP contribution in [0.25, 0.3) is 0 Å². The molecule has 6 rings (SSSR count). The molecule has 8 nitrogen and oxygen atoms in total. The molecule has 2 aliphatic carbocycles. The number of carbonyl (C=O) groups is 2. The number of rotatable bonds is 4. The highest BCUT2D eigenvalue weighted by Gasteiger charge is 2.53. The van der Waals surface area contributed by atoms with Crippen LogP contribution in [-0.4, -0.2) is 80.9 Å². The van der Waals surface area contributed by atoms with E-state index in [-0.39, 0.29) is 30.0 Å². The summed E-state index contributed by atoms with van der Waals surface area (Å²) in [6.07, 6.45) is 5.71. The van der Waals surface area contributed by atoms with E-state index in [1.165, 1.54) is 16.8 Å². The molecule has 36 heavy (non-hydrogen) atoms. The smallest absolute Gasteiger partial charge is 0.274 e. The molecule has 3 heterocycles. The number of likely N-dealkylation sites (tertiary alicyclic amines) is 1. The van der Waals surface area contributed by atoms with Gasteiger partial charge in [-0.15, -0.1) is 0 Å². The van der Waals surface area contributed by atoms with E-state index in [2.05, 4.69) is 41.8 Å². The monoisotopic (exact) mass is 491 g/mol. The molecule has 0 unspecified atom stereocenters. The topological polar surface area (TPSA) is 81.9 Å². The van der Waals surface area contributed by atoms with Crippen molar-refractivity contribution in [2.45, 2.75) is 77.0 Å². The predicted octanol–water partition coefficient (Wildman–Crippen LogP) is 2.47. The maximum atomic E-state index is 13.6. The molecule has 4 aliphatic rings. The summed E-state index contributed by atoms with van der Waals surface area (Å²) in [6.45, 7) is 8.11. The highest BCUT2D eigenvalue weighted by atomic mass is 16.3. The molecular weight excluding hydrogens is 454 g/mol. The molecule has 3 fully saturated rings. The second-order valence-corrected chi connectivity index (χ2v) is 11.2. The summed E-state index contributed by atoms with van der Waals surface area (Å²) in [5.41, 5.74) is 6.44. The molecule has 1 N–H and O–H groups in total. The molecule has 2 aliphatic heterocycles. The summed E-state index contributed by atoms with van der Waals surface area (Å²) in [6, 6.07) is 6.48. The number of nitrogens with zero attached hydrogens (tertiary/aromatic N) is 5. The Labute approximate surface area is 212 Å². The number of aromatic nitrogens is 2. The lowest BCUT2D eigenvalue weighted by atomic mass is 10.0. The molecule has 2 aromatic rings. The lowest BCUT2D eigenvalue weighted by Crippen LogP contribution is -2.58. The van der Waals surface area contributed by atoms with Gasteiger partial charge in [0.05, 0.1) is 11.6 Å². The molecule has 8 heteroatoms. The fourth-order valence-electron chi connectivity index (χ4n) is 6.47. The quantitative estimate of drug-likeness (QED) is 0.711. The van der Waals surface area contributed by atoms with Crippen LogP contribution in [0.5, 0.6) is 0 Å². The van der Waals surface area contributed by atoms with Gasteiger partial charge in [-0.25, -0.2) is 0 Å². The maximum Gasteiger partial charge on any atom is 0.274 e. The predicted molar refractivity (Wildman–Crippen MR) is 137 cm³/mol. The van der Waals surface area contributed by atoms with Crippen LogP contribution in [0.3, 0.4) is 0 Å². The molecule has 1 aromatic carbocycles. The molecule has 0 radical (unpaired) electrons. The summed E-state index contributed by atoms with van der Waals surface area (Å²) >= 11 is 0. The number of piperidine rings is 1. The zero-order valence-electron chi connectivity index (χ0n) is 21.5. The molecule has 1 spiro atoms. The van der Waals surface area contributed by atoms with Crippen molar-refractivity contribution in [1.29, 1.82) is 0 Å². The Morgan fingerprint density at radius 1 is 1.08 bits per heavy atom. The molecule has 0 bridgehead atoms. The molecule has 192 valence electrons. The van der Waals surface area contributed by atoms with Gasteiger partial charge in [0, 0.05) is 49.7 Å². The standard InChI is InChI=1S/C28H37N5O3/c1-19-5-3-7-23(20(19)2)31-15-16-32(28(18-31)11-12-28)25(35)17-33-24-8-4-6-22(24)26(29-33)27(36)30-13-9-21(34)10-14-30/h3,5,7,21,34H,4,6,8-18H2,1-2H3. The van der Waals surface area contributed by atoms with Crippen molar-refractivity contribution in [2.75, 3.05) is 37.6 Å². The Kier molecular flexibility index (Phi) is 5.82. The van der Waals surface area contributed by atoms with Crippen LogP contribution < -0.4 is 4.90 Å². The third kappa shape index (κ3) is 3.99. The van der Waals surface area contributed by atoms with Gasteiger partial charge in [-0.3, -0.25) is 14.3 Å². The molecule has 1 aromatic heterocycles. The zero-order valence-corrected chi connectivity index (χ0v) is 21.5. The summed E-state index contributed by atoms with van der Waals surface area (Å²) in [4.78, 5) is 33.3. The van der Waals surface area contributed by atoms with Crippen molar-refractivity contribution in [2.24, 2.45) is 0 Å². The number of amides is 2. The van der Waals surface area contributed by atoms with Gasteiger partial charge < -0.3 is 19.8 Å². The van der Waals surface area contributed by atoms with Gasteiger partial charge in [-0.05, 0) is 76.0 Å². The van der Waals surface area contributed by atoms with Crippen LogP contribution >= 0.6 is 0 Å². The minimum Gasteiger partial charge on any atom is -0.393 e. The Morgan fingerprint density at radius 3 is 2.61 bits per heavy atom. The summed E-state index contributed by atoms with van der Waals surface area (Å²) in [5.74, 6) is 0.0671. The van der Waals surface area contributed by atoms with Gasteiger partial charge in [0.15, 0.2) is 5.69 Å². The molecular formula is C28H37N5O3. The van der Waals surface area contributed by atoms with E-state index in [1.807, 2.05) is 9.58 Å². The second kappa shape index (κ2) is 8.91. The van der Waals surface area contributed by atoms with Crippen LogP contribution in [0.4, 0.5) is 5.69 Å². The van der Waals surface area contributed by atoms with E-state index in [4.69, 9.17) is 5.10 Å². The van der Waals surface area contributed by atoms with E-state index in [9.17, 15) is 14.7 Å². The first kappa shape index (κ1) is 23.5. The number of piperazine rings is 1. The number of carbonyl (C=O) groups excluding carboxylic acids is 2. The van der Waals surface area contributed by atoms with Gasteiger partial charge in [0.2, 0.25) is 5.91 Å². The highest BCUT2D eigenvalue weighted by Crippen LogP contribution is 2.45. The van der Waals surface area contributed by atoms with Crippen molar-refractivity contribution in [1.82, 2.24) is 19.6 Å². The first-order chi connectivity index (χ1) is 17.4. The fraction of sp³-hybridized carbons (Fsp3) is 0.607. The van der Waals surface area contributed by atoms with Gasteiger partial charge >= 0.3 is 0 Å². The van der Waals surface area contributed by atoms with E-state index < -0.39 is 0 Å². The third-order valence-electron chi connectivity index (χ3n) is 8.94. The lowest BCUT2D eigenvalue weighted by Gasteiger charge is -2.44. The van der Waals surface area contributed by atoms with Crippen molar-refractivity contribution in [3.8, 4) is 0 Å². The zero-order chi connectivity index (χ0) is 25.0. The number of hydrogen-bond donors (Lipinski definition) is 1. The number of anilines is 1. The van der Waals surface area contributed by atoms with E-state index in [0.717, 1.165) is 63.0 Å². The van der Waals surface area contributed by atoms with Gasteiger partial charge in [-0.2, -0.15) is 5.10 Å². The molecule has 2 amide bonds. The largest absolute Gasteiger partial charge is 0.393 e. The Hall–Kier alpha value is -2.87. The molecule has 0 atom stereocenters. The first-order valence-electron chi connectivity index (χ1n) is 13.5. The van der Waals surface area contributed by atoms with Crippen LogP contribution in [0, 0.1) is 13.8 Å². The summed E-state index contributed by atoms with van der Waals surface area (Å²) in [5, 5.41) is 14.5. The number of fused-ring (bicyclic) bond motifs is 1. The maximum absolute atomic E-state index is 13.6. The van der Waals surface area contributed by atoms with Crippen molar-refractivity contribution >= 4 is 17.5 Å². The SMILES string of the molecule is Cc1cccc(N2CCN(C(=O)Cn3nc(C(=O)N4CCC(O)CC4)c4c3CCC4)C3(CC3)C2)c1C. The number of aliphatic hydroxyl groups is 1. The van der Waals surface area contributed by atoms with Crippen molar-refractivity contribution in [3.05, 3.63) is 46.3 Å². The van der Waals surface area contributed by atoms with Gasteiger partial charge in [0.1, 0.15) is 6.54 Å². The van der Waals surface area contributed by atoms with Crippen LogP contribution in [0.2, 0.25) is 0 Å². The number of aliphatic hydroxyl groups excluding tert-OH is 1. The summed E-state index contributed by atoms with van der Waals surface area (Å²) < 4.78 is 1.82. The average Bonchev–Trinajstić information content (AvgIpc) is 3.30. The Balaban J connectivity index is 1.18. The second-order valence-electron chi connectivity index (χ2n) is 11.2. The van der Waals surface area contributed by atoms with E-state index in [0.29, 0.717) is 31.6 Å². The third-order valence-corrected chi connectivity index (χ3v) is 8.94. The Bertz CT molecular complexity index is 1190. The van der Waals surface area contributed by atoms with Crippen LogP contribution in [-0.2, 0) is 24.2 Å². The average molecular weight is 492 g/mol. The van der Waals surface area contributed by atoms with Crippen molar-refractivity contribution < 1.29 is 14.7 Å². The summed E-state index contributed by atoms with van der Waals surface area (Å²) in [7, 11) is 0. The number of benzene rings is 1. The van der Waals surface area contributed by atoms with Crippen LogP contribution in [0.1, 0.15) is 65.0 Å². The highest BCUT2D eigenvalue weighted by molar-refractivity contribution is 5.94. The van der Waals surface area contributed by atoms with Gasteiger partial charge in [0.25, 0.3) is 5.91 Å². The molecule has 2 saturated heterocycles. The van der Waals surface area contributed by atoms with Crippen molar-refractivity contribution in [3.63, 3.8) is 0 Å². The number of hydrogen-bond acceptors (Lipinski definition) is 5. The first-order valence-corrected chi connectivity index (χ1v) is 13.5. The van der Waals surface area contributed by atoms with Gasteiger partial charge in [-0.1, -0.05) is 12.1 Å². The lowest BCUT2D eigenvalue weighted by molar-refractivity contribution is -0.135. The van der Waals surface area contributed by atoms with E-state index in [1.54, 1.807) is 0 Å². The normalized spacial score (nSPS) is 21.2. The van der Waals surface area contributed by atoms with Crippen LogP contribution in [0.15, 0.2) is 18.2 Å². The fourth-order valence-corrected chi connectivity index (χ4v) is 6.47. The minimum absolute atomic E-state index is 0.0490. The number of aryl methyl sites for hydroxylation is 1. The van der Waals surface area contributed by atoms with E-state index >= 15 is 0 Å².